The van der Waals surface area contributed by atoms with E-state index >= 15 is 0 Å². The van der Waals surface area contributed by atoms with E-state index in [1.807, 2.05) is 33.0 Å². The first-order valence-corrected chi connectivity index (χ1v) is 18.4. The molecule has 2 amide bonds. The molecule has 2 unspecified atom stereocenters. The fraction of sp³-hybridized carbons (Fsp3) is 0.818. The molecule has 0 aliphatic carbocycles. The van der Waals surface area contributed by atoms with Crippen molar-refractivity contribution in [2.24, 2.45) is 5.92 Å². The molecule has 1 aromatic rings. The largest absolute Gasteiger partial charge is 0.444 e. The summed E-state index contributed by atoms with van der Waals surface area (Å²) in [5, 5.41) is 7.05. The Morgan fingerprint density at radius 2 is 1.68 bits per heavy atom. The highest BCUT2D eigenvalue weighted by atomic mass is 32.2. The number of amides is 2. The molecule has 0 radical (unpaired) electrons. The Bertz CT molecular complexity index is 1060. The third-order valence-corrected chi connectivity index (χ3v) is 10.7. The van der Waals surface area contributed by atoms with Crippen LogP contribution < -0.4 is 15.5 Å². The summed E-state index contributed by atoms with van der Waals surface area (Å²) in [6, 6.07) is 3.21. The van der Waals surface area contributed by atoms with Crippen molar-refractivity contribution < 1.29 is 14.3 Å². The zero-order chi connectivity index (χ0) is 30.9. The third-order valence-electron chi connectivity index (χ3n) is 9.62. The van der Waals surface area contributed by atoms with E-state index in [1.54, 1.807) is 4.90 Å². The highest BCUT2D eigenvalue weighted by molar-refractivity contribution is 7.99. The topological polar surface area (TPSA) is 103 Å². The minimum Gasteiger partial charge on any atom is -0.444 e. The summed E-state index contributed by atoms with van der Waals surface area (Å²) >= 11 is 2.07. The fourth-order valence-electron chi connectivity index (χ4n) is 7.29. The smallest absolute Gasteiger partial charge is 0.410 e. The lowest BCUT2D eigenvalue weighted by atomic mass is 9.90. The Morgan fingerprint density at radius 3 is 2.39 bits per heavy atom. The number of carbonyl (C=O) groups is 2. The molecule has 4 aliphatic heterocycles. The maximum Gasteiger partial charge on any atom is 0.410 e. The molecule has 10 nitrogen and oxygen atoms in total. The Hall–Kier alpha value is -2.27. The SMILES string of the molecule is CC(C)(C)OC(=O)N1CCC(C(=O)NCCC2C(Nc3nccc(N4CCCCCC4)n3)CCCN2C2CCSCC2)CC1. The van der Waals surface area contributed by atoms with E-state index in [0.29, 0.717) is 44.6 Å². The predicted octanol–water partition coefficient (Wildman–Crippen LogP) is 5.15. The average Bonchev–Trinajstić information content (AvgIpc) is 3.31. The van der Waals surface area contributed by atoms with Gasteiger partial charge in [0.1, 0.15) is 11.4 Å². The molecule has 0 saturated carbocycles. The van der Waals surface area contributed by atoms with Gasteiger partial charge < -0.3 is 25.2 Å². The van der Waals surface area contributed by atoms with Gasteiger partial charge in [-0.25, -0.2) is 9.78 Å². The van der Waals surface area contributed by atoms with Gasteiger partial charge in [0.2, 0.25) is 11.9 Å². The lowest BCUT2D eigenvalue weighted by molar-refractivity contribution is -0.126. The molecule has 1 aromatic heterocycles. The van der Waals surface area contributed by atoms with E-state index in [4.69, 9.17) is 9.72 Å². The lowest BCUT2D eigenvalue weighted by Crippen LogP contribution is -2.56. The van der Waals surface area contributed by atoms with Crippen LogP contribution in [0.15, 0.2) is 12.3 Å². The summed E-state index contributed by atoms with van der Waals surface area (Å²) in [6.45, 7) is 10.7. The van der Waals surface area contributed by atoms with Crippen LogP contribution in [0.5, 0.6) is 0 Å². The van der Waals surface area contributed by atoms with Crippen molar-refractivity contribution in [3.63, 3.8) is 0 Å². The second kappa shape index (κ2) is 15.8. The predicted molar refractivity (Wildman–Crippen MR) is 178 cm³/mol. The molecule has 11 heteroatoms. The molecule has 4 aliphatic rings. The van der Waals surface area contributed by atoms with Crippen molar-refractivity contribution in [3.05, 3.63) is 12.3 Å². The summed E-state index contributed by atoms with van der Waals surface area (Å²) < 4.78 is 5.52. The van der Waals surface area contributed by atoms with Gasteiger partial charge in [0.25, 0.3) is 0 Å². The summed E-state index contributed by atoms with van der Waals surface area (Å²) in [5.74, 6) is 4.27. The van der Waals surface area contributed by atoms with Crippen LogP contribution in [0, 0.1) is 5.92 Å². The van der Waals surface area contributed by atoms with E-state index in [9.17, 15) is 9.59 Å². The summed E-state index contributed by atoms with van der Waals surface area (Å²) in [7, 11) is 0. The monoisotopic (exact) mass is 629 g/mol. The van der Waals surface area contributed by atoms with Gasteiger partial charge in [-0.15, -0.1) is 0 Å². The van der Waals surface area contributed by atoms with Gasteiger partial charge >= 0.3 is 6.09 Å². The van der Waals surface area contributed by atoms with Crippen molar-refractivity contribution in [3.8, 4) is 0 Å². The number of aromatic nitrogens is 2. The molecule has 4 saturated heterocycles. The Labute approximate surface area is 268 Å². The lowest BCUT2D eigenvalue weighted by Gasteiger charge is -2.47. The molecule has 0 aromatic carbocycles. The molecular weight excluding hydrogens is 574 g/mol. The van der Waals surface area contributed by atoms with E-state index in [1.165, 1.54) is 50.0 Å². The Kier molecular flexibility index (Phi) is 11.9. The third kappa shape index (κ3) is 9.37. The first-order chi connectivity index (χ1) is 21.3. The van der Waals surface area contributed by atoms with Crippen LogP contribution in [0.3, 0.4) is 0 Å². The van der Waals surface area contributed by atoms with Crippen LogP contribution >= 0.6 is 11.8 Å². The van der Waals surface area contributed by atoms with Crippen LogP contribution in [0.25, 0.3) is 0 Å². The summed E-state index contributed by atoms with van der Waals surface area (Å²) in [6.07, 6.45) is 13.6. The zero-order valence-corrected chi connectivity index (χ0v) is 28.1. The molecular formula is C33H55N7O3S. The normalized spacial score (nSPS) is 24.9. The van der Waals surface area contributed by atoms with Crippen LogP contribution in [-0.4, -0.2) is 106 Å². The van der Waals surface area contributed by atoms with Crippen LogP contribution in [0.2, 0.25) is 0 Å². The number of likely N-dealkylation sites (tertiary alicyclic amines) is 2. The molecule has 5 heterocycles. The first-order valence-electron chi connectivity index (χ1n) is 17.2. The van der Waals surface area contributed by atoms with Crippen LogP contribution in [0.4, 0.5) is 16.6 Å². The van der Waals surface area contributed by atoms with Gasteiger partial charge in [0, 0.05) is 63.0 Å². The van der Waals surface area contributed by atoms with Gasteiger partial charge in [-0.3, -0.25) is 9.69 Å². The van der Waals surface area contributed by atoms with Crippen molar-refractivity contribution >= 4 is 35.5 Å². The van der Waals surface area contributed by atoms with Crippen molar-refractivity contribution in [2.75, 3.05) is 61.0 Å². The molecule has 246 valence electrons. The molecule has 4 fully saturated rings. The standard InChI is InChI=1S/C33H55N7O3S/c1-33(2,3)43-32(42)39-21-12-25(13-22-39)30(41)34-16-10-28-27(9-8-20-40(28)26-14-23-44-24-15-26)36-31-35-17-11-29(37-31)38-18-6-4-5-7-19-38/h11,17,25-28H,4-10,12-16,18-24H2,1-3H3,(H,34,41)(H,35,36,37). The Balaban J connectivity index is 1.18. The summed E-state index contributed by atoms with van der Waals surface area (Å²) in [4.78, 5) is 42.2. The van der Waals surface area contributed by atoms with Crippen molar-refractivity contribution in [1.29, 1.82) is 0 Å². The molecule has 2 atom stereocenters. The number of hydrogen-bond acceptors (Lipinski definition) is 9. The van der Waals surface area contributed by atoms with E-state index < -0.39 is 5.60 Å². The minimum atomic E-state index is -0.511. The molecule has 0 spiro atoms. The highest BCUT2D eigenvalue weighted by Crippen LogP contribution is 2.31. The highest BCUT2D eigenvalue weighted by Gasteiger charge is 2.37. The number of nitrogens with zero attached hydrogens (tertiary/aromatic N) is 5. The quantitative estimate of drug-likeness (QED) is 0.404. The second-order valence-corrected chi connectivity index (χ2v) is 15.2. The number of nitrogens with one attached hydrogen (secondary N) is 2. The summed E-state index contributed by atoms with van der Waals surface area (Å²) in [5.41, 5.74) is -0.511. The van der Waals surface area contributed by atoms with Gasteiger partial charge in [-0.2, -0.15) is 16.7 Å². The maximum absolute atomic E-state index is 13.2. The van der Waals surface area contributed by atoms with E-state index in [-0.39, 0.29) is 24.0 Å². The molecule has 0 bridgehead atoms. The van der Waals surface area contributed by atoms with Crippen LogP contribution in [0.1, 0.15) is 91.4 Å². The van der Waals surface area contributed by atoms with Gasteiger partial charge in [-0.1, -0.05) is 12.8 Å². The van der Waals surface area contributed by atoms with Crippen molar-refractivity contribution in [2.45, 2.75) is 115 Å². The van der Waals surface area contributed by atoms with Gasteiger partial charge in [0.05, 0.1) is 0 Å². The molecule has 2 N–H and O–H groups in total. The number of piperidine rings is 2. The number of thioether (sulfide) groups is 1. The van der Waals surface area contributed by atoms with Crippen LogP contribution in [-0.2, 0) is 9.53 Å². The number of ether oxygens (including phenoxy) is 1. The first kappa shape index (κ1) is 33.1. The van der Waals surface area contributed by atoms with Gasteiger partial charge in [-0.05, 0) is 103 Å². The number of hydrogen-bond donors (Lipinski definition) is 2. The fourth-order valence-corrected chi connectivity index (χ4v) is 8.37. The number of rotatable bonds is 8. The molecule has 44 heavy (non-hydrogen) atoms. The van der Waals surface area contributed by atoms with E-state index in [0.717, 1.165) is 50.7 Å². The second-order valence-electron chi connectivity index (χ2n) is 14.0. The maximum atomic E-state index is 13.2. The number of anilines is 2. The Morgan fingerprint density at radius 1 is 0.955 bits per heavy atom. The van der Waals surface area contributed by atoms with Gasteiger partial charge in [0.15, 0.2) is 0 Å². The minimum absolute atomic E-state index is 0.0597. The molecule has 5 rings (SSSR count). The van der Waals surface area contributed by atoms with Crippen molar-refractivity contribution in [1.82, 2.24) is 25.1 Å². The van der Waals surface area contributed by atoms with E-state index in [2.05, 4.69) is 37.2 Å². The zero-order valence-electron chi connectivity index (χ0n) is 27.3. The number of carbonyl (C=O) groups excluding carboxylic acids is 2. The average molecular weight is 630 g/mol.